The molecule has 4 N–H and O–H groups in total. The number of hydroxylamine groups is 2. The Morgan fingerprint density at radius 1 is 1.24 bits per heavy atom. The number of nitrogens with zero attached hydrogens (tertiary/aromatic N) is 4. The van der Waals surface area contributed by atoms with Crippen molar-refractivity contribution >= 4 is 57.8 Å². The Morgan fingerprint density at radius 3 is 2.52 bits per heavy atom. The van der Waals surface area contributed by atoms with Crippen molar-refractivity contribution < 1.29 is 4.84 Å². The molecule has 140 valence electrons. The summed E-state index contributed by atoms with van der Waals surface area (Å²) in [6.45, 7) is 4.93. The van der Waals surface area contributed by atoms with E-state index in [2.05, 4.69) is 14.9 Å². The second-order valence-electron chi connectivity index (χ2n) is 5.94. The highest BCUT2D eigenvalue weighted by Crippen LogP contribution is 2.26. The van der Waals surface area contributed by atoms with Crippen molar-refractivity contribution in [2.45, 2.75) is 25.9 Å². The Bertz CT molecular complexity index is 667. The first-order valence-electron chi connectivity index (χ1n) is 7.49. The molecule has 0 bridgehead atoms. The Hall–Kier alpha value is -1.22. The van der Waals surface area contributed by atoms with Crippen LogP contribution in [0.1, 0.15) is 20.3 Å². The van der Waals surface area contributed by atoms with Crippen LogP contribution < -0.4 is 16.4 Å². The lowest BCUT2D eigenvalue weighted by Gasteiger charge is -2.36. The first-order valence-corrected chi connectivity index (χ1v) is 8.25. The molecule has 2 rings (SSSR count). The fourth-order valence-corrected chi connectivity index (χ4v) is 2.62. The summed E-state index contributed by atoms with van der Waals surface area (Å²) in [5.74, 6) is 0.349. The highest BCUT2D eigenvalue weighted by atomic mass is 79.9. The largest absolute Gasteiger partial charge is 0.374 e. The van der Waals surface area contributed by atoms with E-state index in [1.807, 2.05) is 33.0 Å². The van der Waals surface area contributed by atoms with Crippen LogP contribution in [-0.4, -0.2) is 42.8 Å². The van der Waals surface area contributed by atoms with E-state index in [9.17, 15) is 0 Å². The quantitative estimate of drug-likeness (QED) is 0.645. The van der Waals surface area contributed by atoms with E-state index in [1.54, 1.807) is 6.07 Å². The van der Waals surface area contributed by atoms with Crippen molar-refractivity contribution in [3.05, 3.63) is 28.2 Å². The molecule has 0 saturated carbocycles. The molecule has 0 atom stereocenters. The van der Waals surface area contributed by atoms with Crippen LogP contribution in [0.3, 0.4) is 0 Å². The Morgan fingerprint density at radius 2 is 1.92 bits per heavy atom. The summed E-state index contributed by atoms with van der Waals surface area (Å²) in [6, 6.07) is 5.54. The van der Waals surface area contributed by atoms with Gasteiger partial charge >= 0.3 is 0 Å². The number of guanidine groups is 2. The van der Waals surface area contributed by atoms with Gasteiger partial charge in [0, 0.05) is 19.3 Å². The van der Waals surface area contributed by atoms with E-state index in [4.69, 9.17) is 39.5 Å². The Labute approximate surface area is 168 Å². The molecule has 0 spiro atoms. The van der Waals surface area contributed by atoms with Gasteiger partial charge in [0.15, 0.2) is 5.66 Å². The first-order chi connectivity index (χ1) is 11.2. The third-order valence-corrected chi connectivity index (χ3v) is 4.26. The van der Waals surface area contributed by atoms with E-state index < -0.39 is 5.66 Å². The van der Waals surface area contributed by atoms with Gasteiger partial charge in [-0.3, -0.25) is 4.84 Å². The topological polar surface area (TPSA) is 92.5 Å². The number of anilines is 1. The second-order valence-corrected chi connectivity index (χ2v) is 6.75. The molecule has 7 nitrogen and oxygen atoms in total. The average molecular weight is 454 g/mol. The van der Waals surface area contributed by atoms with Crippen LogP contribution in [0.2, 0.25) is 10.0 Å². The van der Waals surface area contributed by atoms with Crippen molar-refractivity contribution in [2.24, 2.45) is 21.5 Å². The lowest BCUT2D eigenvalue weighted by molar-refractivity contribution is -0.157. The van der Waals surface area contributed by atoms with Gasteiger partial charge in [0.2, 0.25) is 11.9 Å². The van der Waals surface area contributed by atoms with Crippen LogP contribution in [0.25, 0.3) is 0 Å². The van der Waals surface area contributed by atoms with Crippen LogP contribution in [-0.2, 0) is 4.84 Å². The molecule has 10 heteroatoms. The van der Waals surface area contributed by atoms with Gasteiger partial charge in [-0.2, -0.15) is 10.1 Å². The van der Waals surface area contributed by atoms with Crippen molar-refractivity contribution in [1.29, 1.82) is 0 Å². The molecule has 0 saturated heterocycles. The fraction of sp³-hybridized carbons (Fsp3) is 0.467. The molecule has 1 aromatic rings. The van der Waals surface area contributed by atoms with Gasteiger partial charge in [0.05, 0.1) is 16.7 Å². The molecule has 1 heterocycles. The van der Waals surface area contributed by atoms with E-state index >= 15 is 0 Å². The van der Waals surface area contributed by atoms with Crippen molar-refractivity contribution in [3.63, 3.8) is 0 Å². The number of aliphatic imine (C=N–C) groups is 2. The van der Waals surface area contributed by atoms with Gasteiger partial charge in [0.1, 0.15) is 0 Å². The maximum Gasteiger partial charge on any atom is 0.226 e. The summed E-state index contributed by atoms with van der Waals surface area (Å²) in [5, 5.41) is 2.55. The molecular weight excluding hydrogens is 431 g/mol. The van der Waals surface area contributed by atoms with Crippen LogP contribution in [0.5, 0.6) is 0 Å². The fourth-order valence-electron chi connectivity index (χ4n) is 2.33. The number of benzene rings is 1. The summed E-state index contributed by atoms with van der Waals surface area (Å²) in [4.78, 5) is 15.9. The van der Waals surface area contributed by atoms with Crippen LogP contribution in [0.4, 0.5) is 5.69 Å². The monoisotopic (exact) mass is 452 g/mol. The van der Waals surface area contributed by atoms with Crippen molar-refractivity contribution in [2.75, 3.05) is 25.1 Å². The Balaban J connectivity index is 0.00000312. The number of rotatable bonds is 6. The van der Waals surface area contributed by atoms with Crippen LogP contribution >= 0.6 is 40.2 Å². The SMILES string of the molecule is Br.CN(CCCON1C(N)=NC(N)=NC1(C)C)c1ccc(Cl)c(Cl)c1. The van der Waals surface area contributed by atoms with Gasteiger partial charge in [-0.1, -0.05) is 23.2 Å². The van der Waals surface area contributed by atoms with E-state index in [1.165, 1.54) is 5.06 Å². The summed E-state index contributed by atoms with van der Waals surface area (Å²) < 4.78 is 0. The molecule has 1 aliphatic rings. The molecule has 0 radical (unpaired) electrons. The summed E-state index contributed by atoms with van der Waals surface area (Å²) in [6.07, 6.45) is 0.774. The van der Waals surface area contributed by atoms with E-state index in [-0.39, 0.29) is 28.9 Å². The summed E-state index contributed by atoms with van der Waals surface area (Å²) >= 11 is 12.0. The first kappa shape index (κ1) is 21.8. The minimum absolute atomic E-state index is 0. The van der Waals surface area contributed by atoms with E-state index in [0.717, 1.165) is 18.7 Å². The average Bonchev–Trinajstić information content (AvgIpc) is 2.47. The zero-order valence-corrected chi connectivity index (χ0v) is 17.6. The lowest BCUT2D eigenvalue weighted by Crippen LogP contribution is -2.53. The smallest absolute Gasteiger partial charge is 0.226 e. The number of nitrogens with two attached hydrogens (primary N) is 2. The molecule has 0 fully saturated rings. The molecule has 0 aliphatic carbocycles. The summed E-state index contributed by atoms with van der Waals surface area (Å²) in [7, 11) is 1.98. The van der Waals surface area contributed by atoms with Gasteiger partial charge in [-0.15, -0.1) is 17.0 Å². The molecule has 1 aromatic carbocycles. The predicted octanol–water partition coefficient (Wildman–Crippen LogP) is 3.01. The molecule has 1 aliphatic heterocycles. The predicted molar refractivity (Wildman–Crippen MR) is 110 cm³/mol. The highest BCUT2D eigenvalue weighted by molar-refractivity contribution is 8.93. The maximum atomic E-state index is 6.04. The third kappa shape index (κ3) is 5.64. The van der Waals surface area contributed by atoms with Gasteiger partial charge < -0.3 is 16.4 Å². The molecule has 0 amide bonds. The van der Waals surface area contributed by atoms with E-state index in [0.29, 0.717) is 16.7 Å². The normalized spacial score (nSPS) is 16.0. The molecular formula is C15H23BrCl2N6O. The second kappa shape index (κ2) is 8.93. The van der Waals surface area contributed by atoms with Gasteiger partial charge in [0.25, 0.3) is 0 Å². The third-order valence-electron chi connectivity index (χ3n) is 3.52. The number of hydrogen-bond donors (Lipinski definition) is 2. The molecule has 0 aromatic heterocycles. The van der Waals surface area contributed by atoms with Crippen molar-refractivity contribution in [3.8, 4) is 0 Å². The number of hydrogen-bond acceptors (Lipinski definition) is 7. The minimum atomic E-state index is -0.689. The van der Waals surface area contributed by atoms with Gasteiger partial charge in [-0.05, 0) is 38.5 Å². The van der Waals surface area contributed by atoms with Gasteiger partial charge in [-0.25, -0.2) is 4.99 Å². The minimum Gasteiger partial charge on any atom is -0.374 e. The zero-order chi connectivity index (χ0) is 17.9. The number of halogens is 3. The van der Waals surface area contributed by atoms with Crippen molar-refractivity contribution in [1.82, 2.24) is 5.06 Å². The molecule has 25 heavy (non-hydrogen) atoms. The summed E-state index contributed by atoms with van der Waals surface area (Å²) in [5.41, 5.74) is 11.8. The standard InChI is InChI=1S/C15H22Cl2N6O.BrH/c1-15(2)21-13(18)20-14(19)23(15)24-8-4-7-22(3)10-5-6-11(16)12(17)9-10;/h5-6,9H,4,7-8H2,1-3H3,(H4,18,19,20,21);1H. The zero-order valence-electron chi connectivity index (χ0n) is 14.4. The Kier molecular flexibility index (Phi) is 7.80. The maximum absolute atomic E-state index is 6.04. The highest BCUT2D eigenvalue weighted by Gasteiger charge is 2.32. The van der Waals surface area contributed by atoms with Crippen LogP contribution in [0, 0.1) is 0 Å². The lowest BCUT2D eigenvalue weighted by atomic mass is 10.2. The molecule has 0 unspecified atom stereocenters. The van der Waals surface area contributed by atoms with Crippen LogP contribution in [0.15, 0.2) is 28.2 Å².